The molecule has 0 aromatic carbocycles. The van der Waals surface area contributed by atoms with E-state index in [-0.39, 0.29) is 17.4 Å². The fourth-order valence-electron chi connectivity index (χ4n) is 5.65. The summed E-state index contributed by atoms with van der Waals surface area (Å²) in [4.78, 5) is 25.6. The van der Waals surface area contributed by atoms with Crippen LogP contribution in [0.15, 0.2) is 0 Å². The standard InChI is InChI=1S/C24H40O4/c1-4-24(16-27-3,11-8-23(26)20-9-12-28-17(2)13-20)10-7-22(25)19-6-5-18-14-21(18)15-19/h17-21H,4-16H2,1-3H3. The first-order chi connectivity index (χ1) is 13.5. The number of hydrogen-bond acceptors (Lipinski definition) is 4. The molecule has 2 saturated carbocycles. The predicted molar refractivity (Wildman–Crippen MR) is 110 cm³/mol. The third kappa shape index (κ3) is 5.66. The number of rotatable bonds is 11. The van der Waals surface area contributed by atoms with Gasteiger partial charge in [-0.2, -0.15) is 0 Å². The molecule has 3 rings (SSSR count). The van der Waals surface area contributed by atoms with Gasteiger partial charge in [0, 0.05) is 38.4 Å². The second-order valence-electron chi connectivity index (χ2n) is 9.89. The van der Waals surface area contributed by atoms with Crippen molar-refractivity contribution < 1.29 is 19.1 Å². The van der Waals surface area contributed by atoms with Crippen LogP contribution in [-0.4, -0.2) is 38.0 Å². The van der Waals surface area contributed by atoms with Gasteiger partial charge in [-0.05, 0) is 82.0 Å². The van der Waals surface area contributed by atoms with E-state index in [0.29, 0.717) is 43.5 Å². The quantitative estimate of drug-likeness (QED) is 0.498. The Kier molecular flexibility index (Phi) is 7.72. The second-order valence-corrected chi connectivity index (χ2v) is 9.89. The molecule has 0 spiro atoms. The van der Waals surface area contributed by atoms with Gasteiger partial charge >= 0.3 is 0 Å². The number of ether oxygens (including phenoxy) is 2. The summed E-state index contributed by atoms with van der Waals surface area (Å²) in [6, 6.07) is 0. The molecule has 28 heavy (non-hydrogen) atoms. The predicted octanol–water partition coefficient (Wildman–Crippen LogP) is 4.98. The fourth-order valence-corrected chi connectivity index (χ4v) is 5.65. The van der Waals surface area contributed by atoms with E-state index >= 15 is 0 Å². The molecule has 6 unspecified atom stereocenters. The van der Waals surface area contributed by atoms with Crippen molar-refractivity contribution in [2.24, 2.45) is 29.1 Å². The van der Waals surface area contributed by atoms with Gasteiger partial charge in [0.15, 0.2) is 0 Å². The summed E-state index contributed by atoms with van der Waals surface area (Å²) in [7, 11) is 1.74. The minimum absolute atomic E-state index is 0.0480. The molecule has 6 atom stereocenters. The van der Waals surface area contributed by atoms with Gasteiger partial charge in [0.25, 0.3) is 0 Å². The highest BCUT2D eigenvalue weighted by Gasteiger charge is 2.44. The van der Waals surface area contributed by atoms with Crippen molar-refractivity contribution in [1.82, 2.24) is 0 Å². The number of hydrogen-bond donors (Lipinski definition) is 0. The SMILES string of the molecule is CCC(CCC(=O)C1CCOC(C)C1)(CCC(=O)C1CCC2CC2C1)COC. The molecule has 0 amide bonds. The van der Waals surface area contributed by atoms with E-state index in [1.165, 1.54) is 12.8 Å². The van der Waals surface area contributed by atoms with E-state index in [0.717, 1.165) is 56.8 Å². The molecule has 0 bridgehead atoms. The van der Waals surface area contributed by atoms with Crippen LogP contribution in [0.4, 0.5) is 0 Å². The lowest BCUT2D eigenvalue weighted by Gasteiger charge is -2.34. The monoisotopic (exact) mass is 392 g/mol. The van der Waals surface area contributed by atoms with Gasteiger partial charge in [-0.1, -0.05) is 6.92 Å². The van der Waals surface area contributed by atoms with Gasteiger partial charge in [0.1, 0.15) is 11.6 Å². The summed E-state index contributed by atoms with van der Waals surface area (Å²) in [6.45, 7) is 5.58. The van der Waals surface area contributed by atoms with Crippen LogP contribution < -0.4 is 0 Å². The number of ketones is 2. The molecule has 3 fully saturated rings. The molecule has 0 aromatic heterocycles. The molecule has 4 nitrogen and oxygen atoms in total. The molecule has 4 heteroatoms. The van der Waals surface area contributed by atoms with Crippen LogP contribution in [0, 0.1) is 29.1 Å². The normalized spacial score (nSPS) is 34.3. The third-order valence-corrected chi connectivity index (χ3v) is 7.94. The number of carbonyl (C=O) groups is 2. The zero-order chi connectivity index (χ0) is 20.1. The van der Waals surface area contributed by atoms with Crippen LogP contribution in [0.1, 0.15) is 84.5 Å². The van der Waals surface area contributed by atoms with Crippen LogP contribution in [0.2, 0.25) is 0 Å². The van der Waals surface area contributed by atoms with Crippen LogP contribution in [-0.2, 0) is 19.1 Å². The zero-order valence-electron chi connectivity index (χ0n) is 18.2. The van der Waals surface area contributed by atoms with Gasteiger partial charge < -0.3 is 9.47 Å². The first kappa shape index (κ1) is 22.0. The molecule has 1 heterocycles. The Bertz CT molecular complexity index is 521. The maximum absolute atomic E-state index is 12.8. The molecule has 1 saturated heterocycles. The first-order valence-electron chi connectivity index (χ1n) is 11.6. The summed E-state index contributed by atoms with van der Waals surface area (Å²) < 4.78 is 11.1. The van der Waals surface area contributed by atoms with Crippen molar-refractivity contribution in [3.05, 3.63) is 0 Å². The van der Waals surface area contributed by atoms with Gasteiger partial charge in [0.05, 0.1) is 12.7 Å². The number of fused-ring (bicyclic) bond motifs is 1. The van der Waals surface area contributed by atoms with Crippen LogP contribution >= 0.6 is 0 Å². The van der Waals surface area contributed by atoms with E-state index in [4.69, 9.17) is 9.47 Å². The Morgan fingerprint density at radius 2 is 1.64 bits per heavy atom. The highest BCUT2D eigenvalue weighted by atomic mass is 16.5. The summed E-state index contributed by atoms with van der Waals surface area (Å²) in [5.41, 5.74) is -0.0480. The van der Waals surface area contributed by atoms with Gasteiger partial charge in [-0.15, -0.1) is 0 Å². The van der Waals surface area contributed by atoms with E-state index in [9.17, 15) is 9.59 Å². The van der Waals surface area contributed by atoms with Crippen LogP contribution in [0.5, 0.6) is 0 Å². The lowest BCUT2D eigenvalue weighted by molar-refractivity contribution is -0.128. The largest absolute Gasteiger partial charge is 0.384 e. The molecular weight excluding hydrogens is 352 g/mol. The smallest absolute Gasteiger partial charge is 0.136 e. The fraction of sp³-hybridized carbons (Fsp3) is 0.917. The van der Waals surface area contributed by atoms with Crippen molar-refractivity contribution in [3.8, 4) is 0 Å². The summed E-state index contributed by atoms with van der Waals surface area (Å²) in [5.74, 6) is 3.07. The van der Waals surface area contributed by atoms with Crippen molar-refractivity contribution >= 4 is 11.6 Å². The molecule has 1 aliphatic heterocycles. The Morgan fingerprint density at radius 3 is 2.21 bits per heavy atom. The number of methoxy groups -OCH3 is 1. The average Bonchev–Trinajstić information content (AvgIpc) is 3.48. The molecular formula is C24H40O4. The van der Waals surface area contributed by atoms with Crippen LogP contribution in [0.25, 0.3) is 0 Å². The molecule has 0 N–H and O–H groups in total. The van der Waals surface area contributed by atoms with Crippen LogP contribution in [0.3, 0.4) is 0 Å². The molecule has 3 aliphatic rings. The maximum atomic E-state index is 12.8. The Labute approximate surface area is 171 Å². The lowest BCUT2D eigenvalue weighted by Crippen LogP contribution is -2.32. The summed E-state index contributed by atoms with van der Waals surface area (Å²) in [5, 5.41) is 0. The maximum Gasteiger partial charge on any atom is 0.136 e. The van der Waals surface area contributed by atoms with Crippen molar-refractivity contribution in [2.45, 2.75) is 90.6 Å². The highest BCUT2D eigenvalue weighted by molar-refractivity contribution is 5.82. The Hall–Kier alpha value is -0.740. The lowest BCUT2D eigenvalue weighted by atomic mass is 9.74. The molecule has 2 aliphatic carbocycles. The number of carbonyl (C=O) groups excluding carboxylic acids is 2. The van der Waals surface area contributed by atoms with Crippen molar-refractivity contribution in [2.75, 3.05) is 20.3 Å². The van der Waals surface area contributed by atoms with E-state index in [2.05, 4.69) is 13.8 Å². The summed E-state index contributed by atoms with van der Waals surface area (Å²) >= 11 is 0. The number of Topliss-reactive ketones (excluding diaryl/α,β-unsaturated/α-hetero) is 2. The van der Waals surface area contributed by atoms with Gasteiger partial charge in [0.2, 0.25) is 0 Å². The first-order valence-corrected chi connectivity index (χ1v) is 11.6. The molecule has 0 radical (unpaired) electrons. The Balaban J connectivity index is 1.50. The second kappa shape index (κ2) is 9.84. The average molecular weight is 393 g/mol. The highest BCUT2D eigenvalue weighted by Crippen LogP contribution is 2.51. The minimum Gasteiger partial charge on any atom is -0.384 e. The van der Waals surface area contributed by atoms with Gasteiger partial charge in [-0.25, -0.2) is 0 Å². The molecule has 160 valence electrons. The zero-order valence-corrected chi connectivity index (χ0v) is 18.2. The topological polar surface area (TPSA) is 52.6 Å². The molecule has 0 aromatic rings. The van der Waals surface area contributed by atoms with Crippen molar-refractivity contribution in [3.63, 3.8) is 0 Å². The minimum atomic E-state index is -0.0480. The van der Waals surface area contributed by atoms with E-state index in [1.807, 2.05) is 0 Å². The van der Waals surface area contributed by atoms with Gasteiger partial charge in [-0.3, -0.25) is 9.59 Å². The third-order valence-electron chi connectivity index (χ3n) is 7.94. The summed E-state index contributed by atoms with van der Waals surface area (Å²) in [6.07, 6.45) is 10.7. The van der Waals surface area contributed by atoms with E-state index in [1.54, 1.807) is 7.11 Å². The Morgan fingerprint density at radius 1 is 0.964 bits per heavy atom. The van der Waals surface area contributed by atoms with Crippen molar-refractivity contribution in [1.29, 1.82) is 0 Å². The van der Waals surface area contributed by atoms with E-state index < -0.39 is 0 Å².